The standard InChI is InChI=1S/C9H16N2O3S/c1-7(12)10-8(6-15)9(13)11-2-4-14-5-3-11/h8,15H,2-6H2,1H3,(H,10,12). The maximum Gasteiger partial charge on any atom is 0.246 e. The van der Waals surface area contributed by atoms with Gasteiger partial charge in [-0.15, -0.1) is 0 Å². The van der Waals surface area contributed by atoms with Gasteiger partial charge in [-0.3, -0.25) is 9.59 Å². The molecule has 2 amide bonds. The molecule has 1 rings (SSSR count). The highest BCUT2D eigenvalue weighted by atomic mass is 32.1. The molecule has 0 radical (unpaired) electrons. The fourth-order valence-electron chi connectivity index (χ4n) is 1.43. The van der Waals surface area contributed by atoms with E-state index < -0.39 is 6.04 Å². The maximum atomic E-state index is 11.9. The van der Waals surface area contributed by atoms with Gasteiger partial charge in [0.2, 0.25) is 11.8 Å². The summed E-state index contributed by atoms with van der Waals surface area (Å²) >= 11 is 4.06. The van der Waals surface area contributed by atoms with Crippen molar-refractivity contribution in [1.29, 1.82) is 0 Å². The minimum absolute atomic E-state index is 0.0801. The lowest BCUT2D eigenvalue weighted by Crippen LogP contribution is -2.52. The normalized spacial score (nSPS) is 18.4. The second-order valence-corrected chi connectivity index (χ2v) is 3.74. The molecule has 1 aliphatic heterocycles. The van der Waals surface area contributed by atoms with Gasteiger partial charge in [-0.2, -0.15) is 12.6 Å². The molecule has 0 aliphatic carbocycles. The highest BCUT2D eigenvalue weighted by Crippen LogP contribution is 2.02. The summed E-state index contributed by atoms with van der Waals surface area (Å²) in [5, 5.41) is 2.58. The molecule has 15 heavy (non-hydrogen) atoms. The van der Waals surface area contributed by atoms with Crippen LogP contribution in [0.25, 0.3) is 0 Å². The van der Waals surface area contributed by atoms with Crippen LogP contribution in [-0.4, -0.2) is 54.8 Å². The van der Waals surface area contributed by atoms with E-state index in [9.17, 15) is 9.59 Å². The number of hydrogen-bond acceptors (Lipinski definition) is 4. The van der Waals surface area contributed by atoms with Gasteiger partial charge in [0.25, 0.3) is 0 Å². The first kappa shape index (κ1) is 12.3. The van der Waals surface area contributed by atoms with Crippen LogP contribution < -0.4 is 5.32 Å². The Balaban J connectivity index is 2.50. The van der Waals surface area contributed by atoms with Crippen LogP contribution >= 0.6 is 12.6 Å². The quantitative estimate of drug-likeness (QED) is 0.631. The van der Waals surface area contributed by atoms with Gasteiger partial charge in [-0.25, -0.2) is 0 Å². The van der Waals surface area contributed by atoms with E-state index in [0.717, 1.165) is 0 Å². The minimum atomic E-state index is -0.524. The zero-order valence-corrected chi connectivity index (χ0v) is 9.63. The monoisotopic (exact) mass is 232 g/mol. The number of morpholine rings is 1. The maximum absolute atomic E-state index is 11.9. The number of nitrogens with zero attached hydrogens (tertiary/aromatic N) is 1. The van der Waals surface area contributed by atoms with Crippen molar-refractivity contribution in [2.75, 3.05) is 32.1 Å². The fraction of sp³-hybridized carbons (Fsp3) is 0.778. The molecule has 1 aliphatic rings. The molecule has 5 nitrogen and oxygen atoms in total. The average molecular weight is 232 g/mol. The number of ether oxygens (including phenoxy) is 1. The van der Waals surface area contributed by atoms with Gasteiger partial charge < -0.3 is 15.0 Å². The summed E-state index contributed by atoms with van der Waals surface area (Å²) in [6.45, 7) is 3.69. The Kier molecular flexibility index (Phi) is 4.90. The van der Waals surface area contributed by atoms with E-state index in [0.29, 0.717) is 32.1 Å². The first-order chi connectivity index (χ1) is 7.15. The predicted molar refractivity (Wildman–Crippen MR) is 58.9 cm³/mol. The molecule has 0 aromatic heterocycles. The van der Waals surface area contributed by atoms with E-state index in [1.807, 2.05) is 0 Å². The molecule has 1 unspecified atom stereocenters. The lowest BCUT2D eigenvalue weighted by molar-refractivity contribution is -0.138. The van der Waals surface area contributed by atoms with Gasteiger partial charge in [0, 0.05) is 25.8 Å². The van der Waals surface area contributed by atoms with E-state index in [2.05, 4.69) is 17.9 Å². The summed E-state index contributed by atoms with van der Waals surface area (Å²) in [5.41, 5.74) is 0. The Labute approximate surface area is 94.6 Å². The van der Waals surface area contributed by atoms with Crippen molar-refractivity contribution < 1.29 is 14.3 Å². The summed E-state index contributed by atoms with van der Waals surface area (Å²) in [6, 6.07) is -0.524. The Morgan fingerprint density at radius 2 is 2.07 bits per heavy atom. The number of nitrogens with one attached hydrogen (secondary N) is 1. The molecule has 0 aromatic carbocycles. The van der Waals surface area contributed by atoms with Crippen LogP contribution in [0.5, 0.6) is 0 Å². The van der Waals surface area contributed by atoms with Crippen LogP contribution in [0.15, 0.2) is 0 Å². The molecule has 1 heterocycles. The molecule has 1 atom stereocenters. The molecule has 1 fully saturated rings. The average Bonchev–Trinajstić information content (AvgIpc) is 2.26. The van der Waals surface area contributed by atoms with Gasteiger partial charge in [0.1, 0.15) is 6.04 Å². The number of thiol groups is 1. The van der Waals surface area contributed by atoms with Crippen molar-refractivity contribution in [3.05, 3.63) is 0 Å². The minimum Gasteiger partial charge on any atom is -0.378 e. The molecule has 0 aromatic rings. The van der Waals surface area contributed by atoms with Gasteiger partial charge >= 0.3 is 0 Å². The van der Waals surface area contributed by atoms with Crippen molar-refractivity contribution in [2.24, 2.45) is 0 Å². The Morgan fingerprint density at radius 3 is 2.53 bits per heavy atom. The van der Waals surface area contributed by atoms with Crippen LogP contribution in [0.2, 0.25) is 0 Å². The Hall–Kier alpha value is -0.750. The van der Waals surface area contributed by atoms with E-state index in [4.69, 9.17) is 4.74 Å². The molecule has 1 saturated heterocycles. The Bertz CT molecular complexity index is 242. The van der Waals surface area contributed by atoms with Gasteiger partial charge in [-0.05, 0) is 0 Å². The lowest BCUT2D eigenvalue weighted by atomic mass is 10.2. The molecule has 1 N–H and O–H groups in total. The zero-order chi connectivity index (χ0) is 11.3. The van der Waals surface area contributed by atoms with Crippen LogP contribution in [-0.2, 0) is 14.3 Å². The summed E-state index contributed by atoms with van der Waals surface area (Å²) in [4.78, 5) is 24.4. The topological polar surface area (TPSA) is 58.6 Å². The van der Waals surface area contributed by atoms with Crippen LogP contribution in [0.1, 0.15) is 6.92 Å². The molecule has 6 heteroatoms. The van der Waals surface area contributed by atoms with Gasteiger partial charge in [-0.1, -0.05) is 0 Å². The highest BCUT2D eigenvalue weighted by Gasteiger charge is 2.25. The molecule has 0 bridgehead atoms. The highest BCUT2D eigenvalue weighted by molar-refractivity contribution is 7.80. The lowest BCUT2D eigenvalue weighted by Gasteiger charge is -2.30. The van der Waals surface area contributed by atoms with Gasteiger partial charge in [0.05, 0.1) is 13.2 Å². The van der Waals surface area contributed by atoms with Crippen LogP contribution in [0, 0.1) is 0 Å². The predicted octanol–water partition coefficient (Wildman–Crippen LogP) is -0.720. The number of rotatable bonds is 3. The van der Waals surface area contributed by atoms with E-state index in [-0.39, 0.29) is 11.8 Å². The largest absolute Gasteiger partial charge is 0.378 e. The van der Waals surface area contributed by atoms with Crippen molar-refractivity contribution >= 4 is 24.4 Å². The Morgan fingerprint density at radius 1 is 1.47 bits per heavy atom. The summed E-state index contributed by atoms with van der Waals surface area (Å²) in [7, 11) is 0. The number of carbonyl (C=O) groups excluding carboxylic acids is 2. The second-order valence-electron chi connectivity index (χ2n) is 3.37. The molecule has 0 spiro atoms. The summed E-state index contributed by atoms with van der Waals surface area (Å²) in [6.07, 6.45) is 0. The molecule has 86 valence electrons. The van der Waals surface area contributed by atoms with Crippen molar-refractivity contribution in [2.45, 2.75) is 13.0 Å². The van der Waals surface area contributed by atoms with Crippen LogP contribution in [0.3, 0.4) is 0 Å². The van der Waals surface area contributed by atoms with E-state index in [1.54, 1.807) is 4.90 Å². The van der Waals surface area contributed by atoms with E-state index in [1.165, 1.54) is 6.92 Å². The first-order valence-electron chi connectivity index (χ1n) is 4.89. The first-order valence-corrected chi connectivity index (χ1v) is 5.53. The van der Waals surface area contributed by atoms with E-state index >= 15 is 0 Å². The van der Waals surface area contributed by atoms with Crippen molar-refractivity contribution in [1.82, 2.24) is 10.2 Å². The fourth-order valence-corrected chi connectivity index (χ4v) is 1.68. The molecular formula is C9H16N2O3S. The second kappa shape index (κ2) is 5.97. The number of hydrogen-bond donors (Lipinski definition) is 2. The smallest absolute Gasteiger partial charge is 0.246 e. The third kappa shape index (κ3) is 3.71. The van der Waals surface area contributed by atoms with Crippen molar-refractivity contribution in [3.63, 3.8) is 0 Å². The third-order valence-corrected chi connectivity index (χ3v) is 2.55. The summed E-state index contributed by atoms with van der Waals surface area (Å²) in [5.74, 6) is 0.0228. The molecular weight excluding hydrogens is 216 g/mol. The summed E-state index contributed by atoms with van der Waals surface area (Å²) < 4.78 is 5.14. The molecule has 0 saturated carbocycles. The van der Waals surface area contributed by atoms with Crippen molar-refractivity contribution in [3.8, 4) is 0 Å². The number of amides is 2. The zero-order valence-electron chi connectivity index (χ0n) is 8.73. The van der Waals surface area contributed by atoms with Gasteiger partial charge in [0.15, 0.2) is 0 Å². The third-order valence-electron chi connectivity index (χ3n) is 2.18. The number of carbonyl (C=O) groups is 2. The van der Waals surface area contributed by atoms with Crippen LogP contribution in [0.4, 0.5) is 0 Å². The SMILES string of the molecule is CC(=O)NC(CS)C(=O)N1CCOCC1.